The van der Waals surface area contributed by atoms with Crippen LogP contribution in [0.5, 0.6) is 0 Å². The number of aromatic carboxylic acids is 1. The number of hydrogen-bond acceptors (Lipinski definition) is 6. The summed E-state index contributed by atoms with van der Waals surface area (Å²) < 4.78 is 25.7. The summed E-state index contributed by atoms with van der Waals surface area (Å²) in [5, 5.41) is 11.2. The molecule has 0 radical (unpaired) electrons. The quantitative estimate of drug-likeness (QED) is 0.728. The average Bonchev–Trinajstić information content (AvgIpc) is 2.55. The lowest BCUT2D eigenvalue weighted by molar-refractivity contribution is 0.0689. The number of rotatable bonds is 6. The van der Waals surface area contributed by atoms with Crippen LogP contribution in [0, 0.1) is 0 Å². The Morgan fingerprint density at radius 2 is 2.00 bits per heavy atom. The van der Waals surface area contributed by atoms with Crippen molar-refractivity contribution >= 4 is 33.7 Å². The van der Waals surface area contributed by atoms with Crippen LogP contribution in [-0.2, 0) is 10.0 Å². The summed E-state index contributed by atoms with van der Waals surface area (Å²) in [6, 6.07) is 2.56. The maximum absolute atomic E-state index is 12.1. The molecule has 0 unspecified atom stereocenters. The van der Waals surface area contributed by atoms with Gasteiger partial charge in [-0.05, 0) is 12.1 Å². The highest BCUT2D eigenvalue weighted by Gasteiger charge is 2.23. The Labute approximate surface area is 138 Å². The number of sulfonamides is 1. The summed E-state index contributed by atoms with van der Waals surface area (Å²) in [5.41, 5.74) is 0.0221. The van der Waals surface area contributed by atoms with Gasteiger partial charge in [0.15, 0.2) is 0 Å². The number of nitrogens with zero attached hydrogens (tertiary/aromatic N) is 2. The zero-order chi connectivity index (χ0) is 16.9. The molecule has 2 heterocycles. The second kappa shape index (κ2) is 7.75. The van der Waals surface area contributed by atoms with Crippen LogP contribution in [0.25, 0.3) is 0 Å². The first kappa shape index (κ1) is 17.7. The van der Waals surface area contributed by atoms with Gasteiger partial charge in [-0.1, -0.05) is 0 Å². The van der Waals surface area contributed by atoms with Crippen LogP contribution in [0.15, 0.2) is 18.3 Å². The van der Waals surface area contributed by atoms with E-state index in [1.807, 2.05) is 0 Å². The maximum Gasteiger partial charge on any atom is 0.354 e. The van der Waals surface area contributed by atoms with Gasteiger partial charge in [0.2, 0.25) is 10.0 Å². The molecule has 0 aliphatic carbocycles. The summed E-state index contributed by atoms with van der Waals surface area (Å²) >= 11 is 1.72. The molecule has 1 aromatic rings. The monoisotopic (exact) mass is 359 g/mol. The van der Waals surface area contributed by atoms with Gasteiger partial charge in [-0.25, -0.2) is 22.5 Å². The average molecular weight is 359 g/mol. The van der Waals surface area contributed by atoms with E-state index in [1.165, 1.54) is 16.4 Å². The molecule has 8 nitrogen and oxygen atoms in total. The highest BCUT2D eigenvalue weighted by atomic mass is 32.2. The van der Waals surface area contributed by atoms with E-state index in [4.69, 9.17) is 5.11 Å². The van der Waals surface area contributed by atoms with Gasteiger partial charge in [0.05, 0.1) is 11.3 Å². The van der Waals surface area contributed by atoms with Crippen LogP contribution in [0.1, 0.15) is 20.8 Å². The number of thioether (sulfide) groups is 1. The molecule has 2 rings (SSSR count). The number of aromatic nitrogens is 1. The molecule has 1 aliphatic heterocycles. The van der Waals surface area contributed by atoms with Crippen LogP contribution in [0.2, 0.25) is 0 Å². The highest BCUT2D eigenvalue weighted by molar-refractivity contribution is 7.99. The SMILES string of the molecule is O=C(NCCS(=O)(=O)N1CCSCC1)c1ccc(C(=O)O)nc1. The van der Waals surface area contributed by atoms with Gasteiger partial charge in [-0.2, -0.15) is 11.8 Å². The van der Waals surface area contributed by atoms with Crippen LogP contribution >= 0.6 is 11.8 Å². The Hall–Kier alpha value is -1.65. The van der Waals surface area contributed by atoms with Crippen molar-refractivity contribution < 1.29 is 23.1 Å². The van der Waals surface area contributed by atoms with Crippen LogP contribution in [0.4, 0.5) is 0 Å². The van der Waals surface area contributed by atoms with E-state index in [-0.39, 0.29) is 23.6 Å². The zero-order valence-electron chi connectivity index (χ0n) is 12.3. The van der Waals surface area contributed by atoms with Crippen molar-refractivity contribution in [3.8, 4) is 0 Å². The van der Waals surface area contributed by atoms with Crippen molar-refractivity contribution in [2.75, 3.05) is 36.9 Å². The Morgan fingerprint density at radius 1 is 1.30 bits per heavy atom. The summed E-state index contributed by atoms with van der Waals surface area (Å²) in [6.45, 7) is 0.995. The molecule has 10 heteroatoms. The lowest BCUT2D eigenvalue weighted by Crippen LogP contribution is -2.41. The predicted octanol–water partition coefficient (Wildman–Crippen LogP) is -0.112. The number of carboxylic acids is 1. The minimum atomic E-state index is -3.37. The minimum absolute atomic E-state index is 0.00844. The highest BCUT2D eigenvalue weighted by Crippen LogP contribution is 2.13. The second-order valence-corrected chi connectivity index (χ2v) is 8.13. The summed E-state index contributed by atoms with van der Waals surface area (Å²) in [6.07, 6.45) is 1.15. The number of amides is 1. The van der Waals surface area contributed by atoms with E-state index in [0.29, 0.717) is 13.1 Å². The Kier molecular flexibility index (Phi) is 5.97. The van der Waals surface area contributed by atoms with E-state index < -0.39 is 21.9 Å². The first-order valence-electron chi connectivity index (χ1n) is 6.93. The molecule has 0 saturated carbocycles. The first-order valence-corrected chi connectivity index (χ1v) is 9.69. The fraction of sp³-hybridized carbons (Fsp3) is 0.462. The van der Waals surface area contributed by atoms with E-state index in [2.05, 4.69) is 10.3 Å². The van der Waals surface area contributed by atoms with E-state index in [0.717, 1.165) is 17.7 Å². The Morgan fingerprint density at radius 3 is 2.57 bits per heavy atom. The van der Waals surface area contributed by atoms with Crippen LogP contribution < -0.4 is 5.32 Å². The normalized spacial score (nSPS) is 16.0. The Bertz CT molecular complexity index is 669. The third-order valence-corrected chi connectivity index (χ3v) is 6.07. The van der Waals surface area contributed by atoms with Gasteiger partial charge in [0.25, 0.3) is 5.91 Å². The van der Waals surface area contributed by atoms with E-state index in [1.54, 1.807) is 11.8 Å². The van der Waals surface area contributed by atoms with E-state index in [9.17, 15) is 18.0 Å². The molecule has 1 fully saturated rings. The number of pyridine rings is 1. The molecule has 2 N–H and O–H groups in total. The Balaban J connectivity index is 1.85. The van der Waals surface area contributed by atoms with Gasteiger partial charge in [0, 0.05) is 37.3 Å². The smallest absolute Gasteiger partial charge is 0.354 e. The maximum atomic E-state index is 12.1. The van der Waals surface area contributed by atoms with Crippen molar-refractivity contribution in [1.82, 2.24) is 14.6 Å². The summed E-state index contributed by atoms with van der Waals surface area (Å²) in [5.74, 6) is -0.258. The number of carbonyl (C=O) groups is 2. The summed E-state index contributed by atoms with van der Waals surface area (Å²) in [4.78, 5) is 26.2. The van der Waals surface area contributed by atoms with Crippen molar-refractivity contribution in [3.63, 3.8) is 0 Å². The van der Waals surface area contributed by atoms with E-state index >= 15 is 0 Å². The van der Waals surface area contributed by atoms with Gasteiger partial charge >= 0.3 is 5.97 Å². The second-order valence-electron chi connectivity index (χ2n) is 4.82. The lowest BCUT2D eigenvalue weighted by atomic mass is 10.2. The number of carbonyl (C=O) groups excluding carboxylic acids is 1. The largest absolute Gasteiger partial charge is 0.477 e. The minimum Gasteiger partial charge on any atom is -0.477 e. The third kappa shape index (κ3) is 4.91. The molecule has 0 atom stereocenters. The van der Waals surface area contributed by atoms with Crippen molar-refractivity contribution in [2.24, 2.45) is 0 Å². The van der Waals surface area contributed by atoms with Crippen molar-refractivity contribution in [1.29, 1.82) is 0 Å². The molecule has 1 aliphatic rings. The molecule has 0 aromatic carbocycles. The standard InChI is InChI=1S/C13H17N3O5S2/c17-12(10-1-2-11(13(18)19)15-9-10)14-3-8-23(20,21)16-4-6-22-7-5-16/h1-2,9H,3-8H2,(H,14,17)(H,18,19). The molecular formula is C13H17N3O5S2. The molecule has 0 bridgehead atoms. The lowest BCUT2D eigenvalue weighted by Gasteiger charge is -2.25. The predicted molar refractivity (Wildman–Crippen MR) is 86.2 cm³/mol. The molecule has 1 aromatic heterocycles. The molecule has 1 amide bonds. The van der Waals surface area contributed by atoms with Crippen LogP contribution in [0.3, 0.4) is 0 Å². The van der Waals surface area contributed by atoms with Gasteiger partial charge in [-0.3, -0.25) is 4.79 Å². The number of hydrogen-bond donors (Lipinski definition) is 2. The third-order valence-electron chi connectivity index (χ3n) is 3.25. The van der Waals surface area contributed by atoms with Gasteiger partial charge in [0.1, 0.15) is 5.69 Å². The zero-order valence-corrected chi connectivity index (χ0v) is 13.9. The molecule has 1 saturated heterocycles. The molecule has 0 spiro atoms. The number of nitrogens with one attached hydrogen (secondary N) is 1. The molecular weight excluding hydrogens is 342 g/mol. The topological polar surface area (TPSA) is 117 Å². The fourth-order valence-electron chi connectivity index (χ4n) is 2.00. The number of carboxylic acid groups (broad SMARTS) is 1. The van der Waals surface area contributed by atoms with Crippen molar-refractivity contribution in [3.05, 3.63) is 29.6 Å². The first-order chi connectivity index (χ1) is 10.9. The molecule has 126 valence electrons. The summed E-state index contributed by atoms with van der Waals surface area (Å²) in [7, 11) is -3.37. The molecule has 23 heavy (non-hydrogen) atoms. The van der Waals surface area contributed by atoms with Gasteiger partial charge < -0.3 is 10.4 Å². The van der Waals surface area contributed by atoms with Gasteiger partial charge in [-0.15, -0.1) is 0 Å². The van der Waals surface area contributed by atoms with Crippen LogP contribution in [-0.4, -0.2) is 71.6 Å². The van der Waals surface area contributed by atoms with Crippen molar-refractivity contribution in [2.45, 2.75) is 0 Å². The fourth-order valence-corrected chi connectivity index (χ4v) is 4.50.